The van der Waals surface area contributed by atoms with Crippen LogP contribution in [0, 0.1) is 17.8 Å². The zero-order valence-corrected chi connectivity index (χ0v) is 23.7. The van der Waals surface area contributed by atoms with Gasteiger partial charge in [0.15, 0.2) is 6.29 Å². The van der Waals surface area contributed by atoms with E-state index in [9.17, 15) is 18.3 Å². The summed E-state index contributed by atoms with van der Waals surface area (Å²) in [5, 5.41) is 14.4. The monoisotopic (exact) mass is 560 g/mol. The molecule has 214 valence electrons. The molecule has 2 aromatic rings. The number of rotatable bonds is 13. The molecule has 2 fully saturated rings. The number of aliphatic hydroxyl groups excluding tert-OH is 1. The number of sulfonamides is 1. The standard InChI is InChI=1S/C29H40N2O7S/c1-20(2)17-31(39(34,35)24-11-9-23(36-3)10-12-24)18-27(32)26(15-21-7-5-4-6-8-21)30-28(33)16-22-19-38-29-25(22)13-14-37-29/h4-12,20,22,25-27,29,32H,13-19H2,1-3H3,(H,30,33)/t22-,25-,26-,27-,29+/m1/s1. The summed E-state index contributed by atoms with van der Waals surface area (Å²) in [6, 6.07) is 15.1. The number of hydrogen-bond acceptors (Lipinski definition) is 7. The van der Waals surface area contributed by atoms with Crippen molar-refractivity contribution in [2.45, 2.75) is 56.4 Å². The van der Waals surface area contributed by atoms with Crippen LogP contribution in [-0.2, 0) is 30.7 Å². The van der Waals surface area contributed by atoms with Crippen molar-refractivity contribution in [2.24, 2.45) is 17.8 Å². The van der Waals surface area contributed by atoms with E-state index in [1.165, 1.54) is 23.5 Å². The maximum Gasteiger partial charge on any atom is 0.243 e. The van der Waals surface area contributed by atoms with E-state index >= 15 is 0 Å². The molecular weight excluding hydrogens is 520 g/mol. The lowest BCUT2D eigenvalue weighted by Gasteiger charge is -2.31. The molecule has 5 atom stereocenters. The molecule has 10 heteroatoms. The lowest BCUT2D eigenvalue weighted by Crippen LogP contribution is -2.51. The van der Waals surface area contributed by atoms with Gasteiger partial charge < -0.3 is 24.6 Å². The third-order valence-corrected chi connectivity index (χ3v) is 9.22. The highest BCUT2D eigenvalue weighted by Gasteiger charge is 2.42. The van der Waals surface area contributed by atoms with E-state index in [4.69, 9.17) is 14.2 Å². The van der Waals surface area contributed by atoms with Crippen LogP contribution >= 0.6 is 0 Å². The Balaban J connectivity index is 1.51. The summed E-state index contributed by atoms with van der Waals surface area (Å²) in [4.78, 5) is 13.3. The third kappa shape index (κ3) is 7.58. The summed E-state index contributed by atoms with van der Waals surface area (Å²) in [7, 11) is -2.39. The van der Waals surface area contributed by atoms with E-state index in [1.54, 1.807) is 12.1 Å². The van der Waals surface area contributed by atoms with Gasteiger partial charge in [0.25, 0.3) is 0 Å². The molecule has 0 bridgehead atoms. The number of fused-ring (bicyclic) bond motifs is 1. The van der Waals surface area contributed by atoms with Crippen LogP contribution < -0.4 is 10.1 Å². The first-order chi connectivity index (χ1) is 18.7. The fourth-order valence-corrected chi connectivity index (χ4v) is 6.95. The highest BCUT2D eigenvalue weighted by atomic mass is 32.2. The van der Waals surface area contributed by atoms with Crippen LogP contribution in [0.2, 0.25) is 0 Å². The van der Waals surface area contributed by atoms with E-state index in [-0.39, 0.29) is 54.4 Å². The topological polar surface area (TPSA) is 114 Å². The zero-order valence-electron chi connectivity index (χ0n) is 22.9. The summed E-state index contributed by atoms with van der Waals surface area (Å²) < 4.78 is 44.9. The Kier molecular flexibility index (Phi) is 10.0. The fourth-order valence-electron chi connectivity index (χ4n) is 5.33. The van der Waals surface area contributed by atoms with Crippen molar-refractivity contribution in [2.75, 3.05) is 33.4 Å². The highest BCUT2D eigenvalue weighted by Crippen LogP contribution is 2.37. The molecule has 0 aromatic heterocycles. The van der Waals surface area contributed by atoms with Gasteiger partial charge in [0.1, 0.15) is 5.75 Å². The molecule has 0 saturated carbocycles. The second kappa shape index (κ2) is 13.2. The predicted octanol–water partition coefficient (Wildman–Crippen LogP) is 2.83. The number of ether oxygens (including phenoxy) is 3. The average molecular weight is 561 g/mol. The molecule has 0 aliphatic carbocycles. The van der Waals surface area contributed by atoms with Gasteiger partial charge in [-0.3, -0.25) is 4.79 Å². The van der Waals surface area contributed by atoms with Crippen molar-refractivity contribution in [3.05, 3.63) is 60.2 Å². The summed E-state index contributed by atoms with van der Waals surface area (Å²) in [5.74, 6) is 0.642. The first-order valence-electron chi connectivity index (χ1n) is 13.6. The molecule has 0 radical (unpaired) electrons. The number of methoxy groups -OCH3 is 1. The maximum absolute atomic E-state index is 13.6. The van der Waals surface area contributed by atoms with Crippen LogP contribution in [0.25, 0.3) is 0 Å². The molecule has 2 aliphatic heterocycles. The zero-order chi connectivity index (χ0) is 28.0. The largest absolute Gasteiger partial charge is 0.497 e. The Morgan fingerprint density at radius 1 is 1.10 bits per heavy atom. The molecule has 2 aromatic carbocycles. The van der Waals surface area contributed by atoms with Crippen molar-refractivity contribution in [3.8, 4) is 5.75 Å². The fraction of sp³-hybridized carbons (Fsp3) is 0.552. The molecule has 4 rings (SSSR count). The van der Waals surface area contributed by atoms with E-state index in [0.717, 1.165) is 12.0 Å². The number of carbonyl (C=O) groups excluding carboxylic acids is 1. The minimum absolute atomic E-state index is 0.0244. The van der Waals surface area contributed by atoms with Gasteiger partial charge in [-0.15, -0.1) is 0 Å². The first-order valence-corrected chi connectivity index (χ1v) is 15.0. The molecule has 39 heavy (non-hydrogen) atoms. The molecule has 9 nitrogen and oxygen atoms in total. The smallest absolute Gasteiger partial charge is 0.243 e. The van der Waals surface area contributed by atoms with Gasteiger partial charge in [-0.1, -0.05) is 44.2 Å². The summed E-state index contributed by atoms with van der Waals surface area (Å²) in [6.45, 7) is 5.02. The van der Waals surface area contributed by atoms with Crippen molar-refractivity contribution >= 4 is 15.9 Å². The minimum Gasteiger partial charge on any atom is -0.497 e. The molecule has 2 N–H and O–H groups in total. The van der Waals surface area contributed by atoms with Crippen molar-refractivity contribution in [3.63, 3.8) is 0 Å². The van der Waals surface area contributed by atoms with E-state index in [0.29, 0.717) is 25.4 Å². The normalized spacial score (nSPS) is 22.6. The number of hydrogen-bond donors (Lipinski definition) is 2. The van der Waals surface area contributed by atoms with Gasteiger partial charge >= 0.3 is 0 Å². The minimum atomic E-state index is -3.90. The highest BCUT2D eigenvalue weighted by molar-refractivity contribution is 7.89. The van der Waals surface area contributed by atoms with E-state index in [2.05, 4.69) is 5.32 Å². The number of carbonyl (C=O) groups is 1. The summed E-state index contributed by atoms with van der Waals surface area (Å²) in [6.07, 6.45) is 0.126. The first kappa shape index (κ1) is 29.5. The second-order valence-corrected chi connectivity index (χ2v) is 12.7. The number of aliphatic hydroxyl groups is 1. The Morgan fingerprint density at radius 3 is 2.49 bits per heavy atom. The van der Waals surface area contributed by atoms with Crippen LogP contribution in [0.3, 0.4) is 0 Å². The molecule has 2 heterocycles. The van der Waals surface area contributed by atoms with Crippen molar-refractivity contribution in [1.29, 1.82) is 0 Å². The van der Waals surface area contributed by atoms with Gasteiger partial charge in [-0.25, -0.2) is 8.42 Å². The van der Waals surface area contributed by atoms with Crippen LogP contribution in [0.15, 0.2) is 59.5 Å². The molecule has 1 amide bonds. The SMILES string of the molecule is COc1ccc(S(=O)(=O)N(CC(C)C)C[C@@H](O)[C@@H](Cc2ccccc2)NC(=O)C[C@@H]2CO[C@@H]3OCC[C@H]23)cc1. The number of nitrogens with zero attached hydrogens (tertiary/aromatic N) is 1. The number of nitrogens with one attached hydrogen (secondary N) is 1. The van der Waals surface area contributed by atoms with Crippen molar-refractivity contribution < 1.29 is 32.5 Å². The van der Waals surface area contributed by atoms with Crippen LogP contribution in [-0.4, -0.2) is 75.6 Å². The lowest BCUT2D eigenvalue weighted by molar-refractivity contribution is -0.124. The van der Waals surface area contributed by atoms with Crippen LogP contribution in [0.5, 0.6) is 5.75 Å². The molecule has 0 unspecified atom stereocenters. The number of benzene rings is 2. The van der Waals surface area contributed by atoms with E-state index < -0.39 is 22.2 Å². The average Bonchev–Trinajstić information content (AvgIpc) is 3.53. The Morgan fingerprint density at radius 2 is 1.82 bits per heavy atom. The van der Waals surface area contributed by atoms with Gasteiger partial charge in [0, 0.05) is 25.4 Å². The molecule has 2 saturated heterocycles. The second-order valence-electron chi connectivity index (χ2n) is 10.8. The molecule has 0 spiro atoms. The van der Waals surface area contributed by atoms with E-state index in [1.807, 2.05) is 44.2 Å². The van der Waals surface area contributed by atoms with Gasteiger partial charge in [-0.05, 0) is 54.5 Å². The van der Waals surface area contributed by atoms with Gasteiger partial charge in [-0.2, -0.15) is 4.31 Å². The lowest BCUT2D eigenvalue weighted by atomic mass is 9.90. The Hall–Kier alpha value is -2.50. The van der Waals surface area contributed by atoms with Crippen molar-refractivity contribution in [1.82, 2.24) is 9.62 Å². The Labute approximate surface area is 231 Å². The maximum atomic E-state index is 13.6. The predicted molar refractivity (Wildman–Crippen MR) is 147 cm³/mol. The quantitative estimate of drug-likeness (QED) is 0.387. The van der Waals surface area contributed by atoms with Gasteiger partial charge in [0.05, 0.1) is 37.4 Å². The van der Waals surface area contributed by atoms with Crippen LogP contribution in [0.1, 0.15) is 32.3 Å². The third-order valence-electron chi connectivity index (χ3n) is 7.38. The summed E-state index contributed by atoms with van der Waals surface area (Å²) in [5.41, 5.74) is 0.934. The van der Waals surface area contributed by atoms with Gasteiger partial charge in [0.2, 0.25) is 15.9 Å². The van der Waals surface area contributed by atoms with Crippen LogP contribution in [0.4, 0.5) is 0 Å². The summed E-state index contributed by atoms with van der Waals surface area (Å²) >= 11 is 0. The molecular formula is C29H40N2O7S. The molecule has 2 aliphatic rings. The Bertz CT molecular complexity index is 1170. The number of amides is 1.